The molecule has 0 amide bonds. The fourth-order valence-electron chi connectivity index (χ4n) is 1.94. The van der Waals surface area contributed by atoms with Crippen LogP contribution in [0.25, 0.3) is 0 Å². The lowest BCUT2D eigenvalue weighted by Gasteiger charge is -2.12. The van der Waals surface area contributed by atoms with E-state index in [-0.39, 0.29) is 0 Å². The number of hydrogen-bond acceptors (Lipinski definition) is 2. The van der Waals surface area contributed by atoms with Gasteiger partial charge >= 0.3 is 0 Å². The summed E-state index contributed by atoms with van der Waals surface area (Å²) >= 11 is 15.3. The van der Waals surface area contributed by atoms with Crippen LogP contribution < -0.4 is 10.6 Å². The van der Waals surface area contributed by atoms with Crippen molar-refractivity contribution in [2.45, 2.75) is 13.0 Å². The number of nitrogens with zero attached hydrogens (tertiary/aromatic N) is 2. The number of aromatic nitrogens is 1. The highest BCUT2D eigenvalue weighted by Crippen LogP contribution is 2.24. The largest absolute Gasteiger partial charge is 0.454 e. The summed E-state index contributed by atoms with van der Waals surface area (Å²) in [6.07, 6.45) is 0.772. The van der Waals surface area contributed by atoms with Crippen LogP contribution in [0.1, 0.15) is 11.5 Å². The van der Waals surface area contributed by atoms with E-state index < -0.39 is 0 Å². The maximum Gasteiger partial charge on any atom is 0.191 e. The van der Waals surface area contributed by atoms with Gasteiger partial charge in [-0.3, -0.25) is 4.99 Å². The number of guanidine groups is 1. The third-order valence-corrected chi connectivity index (χ3v) is 4.44. The lowest BCUT2D eigenvalue weighted by atomic mass is 10.3. The minimum Gasteiger partial charge on any atom is -0.454 e. The molecule has 8 heteroatoms. The molecule has 0 radical (unpaired) electrons. The minimum atomic E-state index is 0.532. The highest BCUT2D eigenvalue weighted by atomic mass is 79.9. The first-order chi connectivity index (χ1) is 10.5. The number of aliphatic imine (C=N–C) groups is 1. The molecular formula is C14H17BrCl2N4O. The van der Waals surface area contributed by atoms with Crippen LogP contribution in [0.5, 0.6) is 0 Å². The molecule has 0 atom stereocenters. The van der Waals surface area contributed by atoms with E-state index in [0.29, 0.717) is 29.2 Å². The highest BCUT2D eigenvalue weighted by Gasteiger charge is 2.09. The zero-order chi connectivity index (χ0) is 16.1. The lowest BCUT2D eigenvalue weighted by molar-refractivity contribution is 0.486. The Morgan fingerprint density at radius 1 is 1.36 bits per heavy atom. The molecule has 2 heterocycles. The summed E-state index contributed by atoms with van der Waals surface area (Å²) < 4.78 is 8.02. The Kier molecular flexibility index (Phi) is 6.23. The van der Waals surface area contributed by atoms with Gasteiger partial charge in [0.15, 0.2) is 10.6 Å². The zero-order valence-corrected chi connectivity index (χ0v) is 15.4. The third kappa shape index (κ3) is 4.44. The number of furan rings is 1. The maximum atomic E-state index is 6.04. The van der Waals surface area contributed by atoms with E-state index in [1.165, 1.54) is 0 Å². The van der Waals surface area contributed by atoms with E-state index in [0.717, 1.165) is 22.5 Å². The first-order valence-electron chi connectivity index (χ1n) is 6.69. The van der Waals surface area contributed by atoms with Crippen LogP contribution in [-0.2, 0) is 20.0 Å². The van der Waals surface area contributed by atoms with E-state index in [2.05, 4.69) is 31.6 Å². The predicted octanol–water partition coefficient (Wildman–Crippen LogP) is 3.60. The molecule has 120 valence electrons. The monoisotopic (exact) mass is 406 g/mol. The first-order valence-corrected chi connectivity index (χ1v) is 8.24. The molecule has 2 N–H and O–H groups in total. The second kappa shape index (κ2) is 7.94. The van der Waals surface area contributed by atoms with Gasteiger partial charge in [0.1, 0.15) is 10.9 Å². The van der Waals surface area contributed by atoms with Crippen molar-refractivity contribution in [2.75, 3.05) is 13.6 Å². The van der Waals surface area contributed by atoms with Gasteiger partial charge in [-0.05, 0) is 34.1 Å². The average Bonchev–Trinajstić information content (AvgIpc) is 3.02. The predicted molar refractivity (Wildman–Crippen MR) is 93.7 cm³/mol. The molecule has 0 aliphatic rings. The van der Waals surface area contributed by atoms with Gasteiger partial charge in [0, 0.05) is 32.8 Å². The Balaban J connectivity index is 1.81. The molecule has 0 saturated heterocycles. The van der Waals surface area contributed by atoms with Crippen molar-refractivity contribution in [1.82, 2.24) is 15.2 Å². The van der Waals surface area contributed by atoms with Crippen molar-refractivity contribution in [3.8, 4) is 0 Å². The van der Waals surface area contributed by atoms with Crippen molar-refractivity contribution < 1.29 is 4.42 Å². The maximum absolute atomic E-state index is 6.04. The summed E-state index contributed by atoms with van der Waals surface area (Å²) in [6.45, 7) is 1.29. The van der Waals surface area contributed by atoms with Crippen molar-refractivity contribution in [2.24, 2.45) is 12.0 Å². The van der Waals surface area contributed by atoms with E-state index in [1.54, 1.807) is 7.05 Å². The molecule has 2 aromatic rings. The fourth-order valence-corrected chi connectivity index (χ4v) is 2.70. The van der Waals surface area contributed by atoms with Gasteiger partial charge in [-0.15, -0.1) is 0 Å². The molecule has 0 aliphatic carbocycles. The molecule has 0 fully saturated rings. The zero-order valence-electron chi connectivity index (χ0n) is 12.3. The van der Waals surface area contributed by atoms with E-state index in [4.69, 9.17) is 27.6 Å². The average molecular weight is 408 g/mol. The van der Waals surface area contributed by atoms with Gasteiger partial charge in [-0.25, -0.2) is 0 Å². The molecule has 0 aromatic carbocycles. The second-order valence-corrected chi connectivity index (χ2v) is 6.19. The van der Waals surface area contributed by atoms with Crippen LogP contribution in [0.3, 0.4) is 0 Å². The Bertz CT molecular complexity index is 666. The summed E-state index contributed by atoms with van der Waals surface area (Å²) in [5.41, 5.74) is 0.980. The van der Waals surface area contributed by atoms with Gasteiger partial charge in [0.05, 0.1) is 11.6 Å². The second-order valence-electron chi connectivity index (χ2n) is 4.64. The molecule has 0 unspecified atom stereocenters. The molecule has 0 saturated carbocycles. The van der Waals surface area contributed by atoms with Gasteiger partial charge in [0.25, 0.3) is 0 Å². The van der Waals surface area contributed by atoms with Gasteiger partial charge < -0.3 is 19.6 Å². The van der Waals surface area contributed by atoms with Crippen molar-refractivity contribution in [3.05, 3.63) is 44.5 Å². The van der Waals surface area contributed by atoms with E-state index >= 15 is 0 Å². The van der Waals surface area contributed by atoms with Crippen molar-refractivity contribution >= 4 is 45.1 Å². The topological polar surface area (TPSA) is 54.5 Å². The molecule has 0 aliphatic heterocycles. The van der Waals surface area contributed by atoms with Crippen LogP contribution in [0.2, 0.25) is 10.2 Å². The third-order valence-electron chi connectivity index (χ3n) is 3.17. The smallest absolute Gasteiger partial charge is 0.191 e. The molecule has 5 nitrogen and oxygen atoms in total. The van der Waals surface area contributed by atoms with Crippen LogP contribution in [-0.4, -0.2) is 24.1 Å². The number of hydrogen-bond donors (Lipinski definition) is 2. The summed E-state index contributed by atoms with van der Waals surface area (Å²) in [5, 5.41) is 7.53. The quantitative estimate of drug-likeness (QED) is 0.588. The van der Waals surface area contributed by atoms with Crippen LogP contribution in [0, 0.1) is 0 Å². The highest BCUT2D eigenvalue weighted by molar-refractivity contribution is 9.10. The first kappa shape index (κ1) is 17.2. The van der Waals surface area contributed by atoms with Crippen LogP contribution in [0.4, 0.5) is 0 Å². The van der Waals surface area contributed by atoms with Crippen molar-refractivity contribution in [1.29, 1.82) is 0 Å². The minimum absolute atomic E-state index is 0.532. The van der Waals surface area contributed by atoms with E-state index in [1.807, 2.05) is 29.8 Å². The summed E-state index contributed by atoms with van der Waals surface area (Å²) in [5.74, 6) is 1.62. The summed E-state index contributed by atoms with van der Waals surface area (Å²) in [4.78, 5) is 4.18. The standard InChI is InChI=1S/C14H17BrCl2N4O/c1-18-14(19-6-5-10-3-4-12(15)22-10)20-8-9-7-11(16)13(17)21(9)2/h3-4,7H,5-6,8H2,1-2H3,(H2,18,19,20). The SMILES string of the molecule is CN=C(NCCc1ccc(Br)o1)NCc1cc(Cl)c(Cl)n1C. The van der Waals surface area contributed by atoms with Crippen molar-refractivity contribution in [3.63, 3.8) is 0 Å². The molecule has 0 spiro atoms. The lowest BCUT2D eigenvalue weighted by Crippen LogP contribution is -2.38. The number of rotatable bonds is 5. The normalized spacial score (nSPS) is 11.8. The molecule has 22 heavy (non-hydrogen) atoms. The molecule has 2 aromatic heterocycles. The van der Waals surface area contributed by atoms with Crippen LogP contribution >= 0.6 is 39.1 Å². The molecule has 0 bridgehead atoms. The molecular weight excluding hydrogens is 391 g/mol. The number of halogens is 3. The van der Waals surface area contributed by atoms with Gasteiger partial charge in [-0.1, -0.05) is 23.2 Å². The Morgan fingerprint density at radius 3 is 2.68 bits per heavy atom. The Labute approximate surface area is 147 Å². The Hall–Kier alpha value is -1.11. The van der Waals surface area contributed by atoms with Gasteiger partial charge in [0.2, 0.25) is 0 Å². The fraction of sp³-hybridized carbons (Fsp3) is 0.357. The van der Waals surface area contributed by atoms with E-state index in [9.17, 15) is 0 Å². The molecule has 2 rings (SSSR count). The summed E-state index contributed by atoms with van der Waals surface area (Å²) in [7, 11) is 3.60. The Morgan fingerprint density at radius 2 is 2.14 bits per heavy atom. The van der Waals surface area contributed by atoms with Gasteiger partial charge in [-0.2, -0.15) is 0 Å². The van der Waals surface area contributed by atoms with Crippen LogP contribution in [0.15, 0.2) is 32.3 Å². The summed E-state index contributed by atoms with van der Waals surface area (Å²) in [6, 6.07) is 5.66. The number of nitrogens with one attached hydrogen (secondary N) is 2.